The third kappa shape index (κ3) is 3.38. The van der Waals surface area contributed by atoms with Crippen LogP contribution in [0.15, 0.2) is 0 Å². The number of morpholine rings is 1. The fourth-order valence-electron chi connectivity index (χ4n) is 3.90. The molecule has 0 spiro atoms. The normalized spacial score (nSPS) is 33.6. The highest BCUT2D eigenvalue weighted by Crippen LogP contribution is 2.39. The van der Waals surface area contributed by atoms with E-state index in [1.807, 2.05) is 0 Å². The van der Waals surface area contributed by atoms with E-state index in [4.69, 9.17) is 4.74 Å². The third-order valence-electron chi connectivity index (χ3n) is 4.40. The van der Waals surface area contributed by atoms with Gasteiger partial charge in [-0.2, -0.15) is 0 Å². The highest BCUT2D eigenvalue weighted by Gasteiger charge is 2.44. The molecule has 3 heteroatoms. The number of hydrogen-bond acceptors (Lipinski definition) is 3. The maximum Gasteiger partial charge on any atom is 0.142 e. The van der Waals surface area contributed by atoms with Gasteiger partial charge in [0.05, 0.1) is 11.2 Å². The summed E-state index contributed by atoms with van der Waals surface area (Å²) in [4.78, 5) is 14.8. The molecule has 0 bridgehead atoms. The average Bonchev–Trinajstić information content (AvgIpc) is 2.40. The van der Waals surface area contributed by atoms with E-state index in [-0.39, 0.29) is 22.5 Å². The number of nitrogens with zero attached hydrogens (tertiary/aromatic N) is 1. The van der Waals surface area contributed by atoms with Crippen molar-refractivity contribution < 1.29 is 9.53 Å². The average molecular weight is 267 g/mol. The Hall–Kier alpha value is -0.410. The molecule has 1 heterocycles. The van der Waals surface area contributed by atoms with Crippen molar-refractivity contribution in [1.82, 2.24) is 4.90 Å². The van der Waals surface area contributed by atoms with Gasteiger partial charge in [-0.3, -0.25) is 9.69 Å². The minimum atomic E-state index is -0.126. The summed E-state index contributed by atoms with van der Waals surface area (Å²) in [6, 6.07) is 0. The van der Waals surface area contributed by atoms with Crippen molar-refractivity contribution in [1.29, 1.82) is 0 Å². The first-order chi connectivity index (χ1) is 8.51. The molecule has 1 unspecified atom stereocenters. The van der Waals surface area contributed by atoms with Crippen molar-refractivity contribution >= 4 is 5.78 Å². The van der Waals surface area contributed by atoms with E-state index >= 15 is 0 Å². The van der Waals surface area contributed by atoms with Gasteiger partial charge in [0.25, 0.3) is 0 Å². The Balaban J connectivity index is 2.02. The van der Waals surface area contributed by atoms with Crippen LogP contribution in [0.25, 0.3) is 0 Å². The molecular weight excluding hydrogens is 238 g/mol. The van der Waals surface area contributed by atoms with E-state index in [0.717, 1.165) is 32.5 Å². The molecule has 1 aliphatic carbocycles. The number of carbonyl (C=O) groups is 1. The van der Waals surface area contributed by atoms with E-state index in [1.54, 1.807) is 0 Å². The molecule has 2 fully saturated rings. The van der Waals surface area contributed by atoms with E-state index in [1.165, 1.54) is 0 Å². The monoisotopic (exact) mass is 267 g/mol. The second-order valence-electron chi connectivity index (χ2n) is 8.27. The SMILES string of the molecule is CC1(C)CN(CC2CCC(C)(C)C2=O)CC(C)(C)O1. The molecule has 1 aliphatic heterocycles. The van der Waals surface area contributed by atoms with Crippen LogP contribution >= 0.6 is 0 Å². The Morgan fingerprint density at radius 1 is 1.11 bits per heavy atom. The van der Waals surface area contributed by atoms with Crippen molar-refractivity contribution in [2.24, 2.45) is 11.3 Å². The maximum absolute atomic E-state index is 12.4. The number of ketones is 1. The molecule has 1 saturated carbocycles. The lowest BCUT2D eigenvalue weighted by Crippen LogP contribution is -2.58. The van der Waals surface area contributed by atoms with Gasteiger partial charge in [-0.25, -0.2) is 0 Å². The summed E-state index contributed by atoms with van der Waals surface area (Å²) >= 11 is 0. The Kier molecular flexibility index (Phi) is 3.60. The number of hydrogen-bond donors (Lipinski definition) is 0. The standard InChI is InChI=1S/C16H29NO2/c1-14(2)8-7-12(13(14)18)9-17-10-15(3,4)19-16(5,6)11-17/h12H,7-11H2,1-6H3. The summed E-state index contributed by atoms with van der Waals surface area (Å²) in [5.74, 6) is 0.675. The van der Waals surface area contributed by atoms with Crippen LogP contribution in [0.4, 0.5) is 0 Å². The second kappa shape index (κ2) is 4.56. The molecule has 0 amide bonds. The highest BCUT2D eigenvalue weighted by molar-refractivity contribution is 5.88. The number of ether oxygens (including phenoxy) is 1. The number of carbonyl (C=O) groups excluding carboxylic acids is 1. The van der Waals surface area contributed by atoms with E-state index in [2.05, 4.69) is 46.4 Å². The predicted octanol–water partition coefficient (Wildman–Crippen LogP) is 2.88. The van der Waals surface area contributed by atoms with Crippen LogP contribution in [-0.4, -0.2) is 41.5 Å². The van der Waals surface area contributed by atoms with E-state index < -0.39 is 0 Å². The second-order valence-corrected chi connectivity index (χ2v) is 8.27. The van der Waals surface area contributed by atoms with Crippen LogP contribution in [0.2, 0.25) is 0 Å². The maximum atomic E-state index is 12.4. The van der Waals surface area contributed by atoms with Crippen molar-refractivity contribution in [2.45, 2.75) is 65.6 Å². The quantitative estimate of drug-likeness (QED) is 0.770. The molecule has 110 valence electrons. The van der Waals surface area contributed by atoms with Crippen molar-refractivity contribution in [2.75, 3.05) is 19.6 Å². The molecule has 1 atom stereocenters. The first kappa shape index (κ1) is 15.0. The Bertz CT molecular complexity index is 355. The van der Waals surface area contributed by atoms with Crippen LogP contribution in [0.3, 0.4) is 0 Å². The summed E-state index contributed by atoms with van der Waals surface area (Å²) < 4.78 is 6.10. The molecule has 2 rings (SSSR count). The van der Waals surface area contributed by atoms with Crippen LogP contribution < -0.4 is 0 Å². The lowest BCUT2D eigenvalue weighted by atomic mass is 9.88. The molecule has 1 saturated heterocycles. The fourth-order valence-corrected chi connectivity index (χ4v) is 3.90. The summed E-state index contributed by atoms with van der Waals surface area (Å²) in [6.07, 6.45) is 2.08. The first-order valence-corrected chi connectivity index (χ1v) is 7.48. The van der Waals surface area contributed by atoms with Gasteiger partial charge in [0.15, 0.2) is 0 Å². The lowest BCUT2D eigenvalue weighted by Gasteiger charge is -2.47. The van der Waals surface area contributed by atoms with Crippen LogP contribution in [0.5, 0.6) is 0 Å². The van der Waals surface area contributed by atoms with Crippen LogP contribution in [0, 0.1) is 11.3 Å². The summed E-state index contributed by atoms with van der Waals surface area (Å²) in [7, 11) is 0. The zero-order chi connectivity index (χ0) is 14.5. The van der Waals surface area contributed by atoms with Gasteiger partial charge in [-0.05, 0) is 40.5 Å². The minimum Gasteiger partial charge on any atom is -0.367 e. The van der Waals surface area contributed by atoms with E-state index in [9.17, 15) is 4.79 Å². The van der Waals surface area contributed by atoms with Gasteiger partial charge >= 0.3 is 0 Å². The van der Waals surface area contributed by atoms with Crippen molar-refractivity contribution in [3.63, 3.8) is 0 Å². The van der Waals surface area contributed by atoms with Crippen molar-refractivity contribution in [3.05, 3.63) is 0 Å². The molecule has 2 aliphatic rings. The summed E-state index contributed by atoms with van der Waals surface area (Å²) in [6.45, 7) is 15.5. The highest BCUT2D eigenvalue weighted by atomic mass is 16.5. The molecule has 0 aromatic heterocycles. The van der Waals surface area contributed by atoms with Gasteiger partial charge < -0.3 is 4.74 Å². The summed E-state index contributed by atoms with van der Waals surface area (Å²) in [5.41, 5.74) is -0.361. The first-order valence-electron chi connectivity index (χ1n) is 7.48. The van der Waals surface area contributed by atoms with Gasteiger partial charge in [-0.1, -0.05) is 13.8 Å². The fraction of sp³-hybridized carbons (Fsp3) is 0.938. The molecule has 0 N–H and O–H groups in total. The molecule has 0 aromatic rings. The molecule has 0 radical (unpaired) electrons. The zero-order valence-electron chi connectivity index (χ0n) is 13.4. The van der Waals surface area contributed by atoms with Gasteiger partial charge in [0, 0.05) is 31.0 Å². The topological polar surface area (TPSA) is 29.5 Å². The predicted molar refractivity (Wildman–Crippen MR) is 77.2 cm³/mol. The Morgan fingerprint density at radius 3 is 2.05 bits per heavy atom. The largest absolute Gasteiger partial charge is 0.367 e. The van der Waals surface area contributed by atoms with Crippen LogP contribution in [0.1, 0.15) is 54.4 Å². The molecule has 3 nitrogen and oxygen atoms in total. The van der Waals surface area contributed by atoms with Gasteiger partial charge in [0.1, 0.15) is 5.78 Å². The third-order valence-corrected chi connectivity index (χ3v) is 4.40. The van der Waals surface area contributed by atoms with Crippen molar-refractivity contribution in [3.8, 4) is 0 Å². The van der Waals surface area contributed by atoms with E-state index in [0.29, 0.717) is 5.78 Å². The van der Waals surface area contributed by atoms with Crippen LogP contribution in [-0.2, 0) is 9.53 Å². The van der Waals surface area contributed by atoms with Gasteiger partial charge in [0.2, 0.25) is 0 Å². The van der Waals surface area contributed by atoms with Gasteiger partial charge in [-0.15, -0.1) is 0 Å². The smallest absolute Gasteiger partial charge is 0.142 e. The Morgan fingerprint density at radius 2 is 1.63 bits per heavy atom. The Labute approximate surface area is 117 Å². The lowest BCUT2D eigenvalue weighted by molar-refractivity contribution is -0.182. The molecular formula is C16H29NO2. The minimum absolute atomic E-state index is 0.109. The number of rotatable bonds is 2. The number of Topliss-reactive ketones (excluding diaryl/α,β-unsaturated/α-hetero) is 1. The summed E-state index contributed by atoms with van der Waals surface area (Å²) in [5, 5.41) is 0. The molecule has 0 aromatic carbocycles. The molecule has 19 heavy (non-hydrogen) atoms. The zero-order valence-corrected chi connectivity index (χ0v) is 13.4.